The van der Waals surface area contributed by atoms with Crippen LogP contribution in [0.4, 0.5) is 10.1 Å². The second-order valence-corrected chi connectivity index (χ2v) is 6.44. The first-order valence-electron chi connectivity index (χ1n) is 8.40. The molecule has 1 aliphatic rings. The summed E-state index contributed by atoms with van der Waals surface area (Å²) in [5.74, 6) is -0.720. The molecule has 1 aliphatic heterocycles. The average molecular weight is 427 g/mol. The van der Waals surface area contributed by atoms with E-state index >= 15 is 0 Å². The summed E-state index contributed by atoms with van der Waals surface area (Å²) in [5, 5.41) is 10.3. The Hall–Kier alpha value is -2.42. The number of hydrogen-bond acceptors (Lipinski definition) is 4. The van der Waals surface area contributed by atoms with Crippen LogP contribution in [0.5, 0.6) is 0 Å². The molecule has 10 heteroatoms. The summed E-state index contributed by atoms with van der Waals surface area (Å²) in [4.78, 5) is 16.6. The molecule has 4 rings (SSSR count). The molecular weight excluding hydrogens is 406 g/mol. The van der Waals surface area contributed by atoms with E-state index in [1.54, 1.807) is 40.0 Å². The highest BCUT2D eigenvalue weighted by Crippen LogP contribution is 2.29. The number of aromatic nitrogens is 4. The molecule has 28 heavy (non-hydrogen) atoms. The summed E-state index contributed by atoms with van der Waals surface area (Å²) >= 11 is 0. The standard InChI is InChI=1S/C18H19FN6O.2ClH/c1-24-10-12(7-22-24)14-8-21-9-15(14)18(26)23-13-2-3-17(16(19)6-13)25-5-4-20-11-25;;/h2-7,10-11,14-15,21H,8-9H2,1H3,(H,23,26);2*1H/t14-,15+;;/m1../s1. The molecule has 1 aromatic carbocycles. The molecule has 7 nitrogen and oxygen atoms in total. The van der Waals surface area contributed by atoms with Crippen molar-refractivity contribution >= 4 is 36.4 Å². The van der Waals surface area contributed by atoms with Crippen LogP contribution in [0, 0.1) is 11.7 Å². The highest BCUT2D eigenvalue weighted by atomic mass is 35.5. The van der Waals surface area contributed by atoms with E-state index in [0.717, 1.165) is 12.1 Å². The van der Waals surface area contributed by atoms with Crippen molar-refractivity contribution in [2.24, 2.45) is 13.0 Å². The maximum absolute atomic E-state index is 14.4. The summed E-state index contributed by atoms with van der Waals surface area (Å²) in [6.07, 6.45) is 8.49. The van der Waals surface area contributed by atoms with Crippen molar-refractivity contribution in [2.75, 3.05) is 18.4 Å². The number of halogens is 3. The normalized spacial score (nSPS) is 18.2. The summed E-state index contributed by atoms with van der Waals surface area (Å²) in [6, 6.07) is 4.64. The topological polar surface area (TPSA) is 76.8 Å². The zero-order chi connectivity index (χ0) is 18.1. The lowest BCUT2D eigenvalue weighted by atomic mass is 9.90. The van der Waals surface area contributed by atoms with Crippen molar-refractivity contribution in [3.8, 4) is 5.69 Å². The molecular formula is C18H21Cl2FN6O. The van der Waals surface area contributed by atoms with Gasteiger partial charge in [-0.1, -0.05) is 0 Å². The number of imidazole rings is 1. The lowest BCUT2D eigenvalue weighted by Gasteiger charge is -2.17. The van der Waals surface area contributed by atoms with Gasteiger partial charge in [-0.3, -0.25) is 9.48 Å². The SMILES string of the molecule is Cl.Cl.Cn1cc([C@H]2CNC[C@@H]2C(=O)Nc2ccc(-n3ccnc3)c(F)c2)cn1. The van der Waals surface area contributed by atoms with Gasteiger partial charge in [0.25, 0.3) is 0 Å². The number of rotatable bonds is 4. The summed E-state index contributed by atoms with van der Waals surface area (Å²) < 4.78 is 17.7. The molecule has 0 saturated carbocycles. The molecule has 0 unspecified atom stereocenters. The Bertz CT molecular complexity index is 930. The first-order chi connectivity index (χ1) is 12.6. The predicted octanol–water partition coefficient (Wildman–Crippen LogP) is 2.53. The van der Waals surface area contributed by atoms with Gasteiger partial charge in [0, 0.05) is 50.3 Å². The van der Waals surface area contributed by atoms with E-state index in [9.17, 15) is 9.18 Å². The molecule has 1 saturated heterocycles. The van der Waals surface area contributed by atoms with Crippen LogP contribution in [0.3, 0.4) is 0 Å². The van der Waals surface area contributed by atoms with Crippen molar-refractivity contribution in [1.82, 2.24) is 24.6 Å². The van der Waals surface area contributed by atoms with Gasteiger partial charge in [0.15, 0.2) is 0 Å². The van der Waals surface area contributed by atoms with Crippen molar-refractivity contribution in [3.05, 3.63) is 60.7 Å². The van der Waals surface area contributed by atoms with E-state index < -0.39 is 5.82 Å². The minimum Gasteiger partial charge on any atom is -0.326 e. The van der Waals surface area contributed by atoms with Crippen LogP contribution in [0.25, 0.3) is 5.69 Å². The van der Waals surface area contributed by atoms with Gasteiger partial charge in [-0.05, 0) is 23.8 Å². The van der Waals surface area contributed by atoms with Crippen LogP contribution in [0.1, 0.15) is 11.5 Å². The van der Waals surface area contributed by atoms with Gasteiger partial charge >= 0.3 is 0 Å². The quantitative estimate of drug-likeness (QED) is 0.671. The Kier molecular flexibility index (Phi) is 7.17. The maximum Gasteiger partial charge on any atom is 0.229 e. The van der Waals surface area contributed by atoms with Crippen LogP contribution < -0.4 is 10.6 Å². The van der Waals surface area contributed by atoms with E-state index in [-0.39, 0.29) is 42.6 Å². The van der Waals surface area contributed by atoms with Crippen molar-refractivity contribution in [1.29, 1.82) is 0 Å². The summed E-state index contributed by atoms with van der Waals surface area (Å²) in [7, 11) is 1.85. The van der Waals surface area contributed by atoms with Crippen molar-refractivity contribution in [3.63, 3.8) is 0 Å². The summed E-state index contributed by atoms with van der Waals surface area (Å²) in [6.45, 7) is 1.30. The van der Waals surface area contributed by atoms with E-state index in [4.69, 9.17) is 0 Å². The molecule has 150 valence electrons. The minimum atomic E-state index is -0.422. The van der Waals surface area contributed by atoms with Gasteiger partial charge in [-0.25, -0.2) is 9.37 Å². The lowest BCUT2D eigenvalue weighted by Crippen LogP contribution is -2.28. The van der Waals surface area contributed by atoms with Crippen LogP contribution in [-0.2, 0) is 11.8 Å². The van der Waals surface area contributed by atoms with E-state index in [0.29, 0.717) is 17.9 Å². The van der Waals surface area contributed by atoms with Gasteiger partial charge in [0.05, 0.1) is 24.1 Å². The molecule has 0 spiro atoms. The molecule has 0 radical (unpaired) electrons. The zero-order valence-corrected chi connectivity index (χ0v) is 16.7. The number of aryl methyl sites for hydroxylation is 1. The third-order valence-corrected chi connectivity index (χ3v) is 4.70. The number of carbonyl (C=O) groups is 1. The molecule has 2 aromatic heterocycles. The Morgan fingerprint density at radius 3 is 2.79 bits per heavy atom. The number of hydrogen-bond donors (Lipinski definition) is 2. The first kappa shape index (κ1) is 21.9. The fraction of sp³-hybridized carbons (Fsp3) is 0.278. The number of amides is 1. The van der Waals surface area contributed by atoms with E-state index in [2.05, 4.69) is 20.7 Å². The van der Waals surface area contributed by atoms with Crippen molar-refractivity contribution in [2.45, 2.75) is 5.92 Å². The number of carbonyl (C=O) groups excluding carboxylic acids is 1. The smallest absolute Gasteiger partial charge is 0.229 e. The number of benzene rings is 1. The maximum atomic E-state index is 14.4. The molecule has 0 bridgehead atoms. The average Bonchev–Trinajstić information content (AvgIpc) is 3.36. The molecule has 0 aliphatic carbocycles. The monoisotopic (exact) mass is 426 g/mol. The fourth-order valence-corrected chi connectivity index (χ4v) is 3.37. The van der Waals surface area contributed by atoms with Crippen LogP contribution >= 0.6 is 24.8 Å². The zero-order valence-electron chi connectivity index (χ0n) is 15.1. The number of nitrogens with zero attached hydrogens (tertiary/aromatic N) is 4. The third kappa shape index (κ3) is 4.35. The number of anilines is 1. The number of nitrogens with one attached hydrogen (secondary N) is 2. The largest absolute Gasteiger partial charge is 0.326 e. The highest BCUT2D eigenvalue weighted by molar-refractivity contribution is 5.93. The van der Waals surface area contributed by atoms with E-state index in [1.807, 2.05) is 13.2 Å². The molecule has 3 heterocycles. The van der Waals surface area contributed by atoms with Gasteiger partial charge < -0.3 is 15.2 Å². The third-order valence-electron chi connectivity index (χ3n) is 4.70. The minimum absolute atomic E-state index is 0. The Morgan fingerprint density at radius 1 is 1.32 bits per heavy atom. The highest BCUT2D eigenvalue weighted by Gasteiger charge is 2.34. The van der Waals surface area contributed by atoms with E-state index in [1.165, 1.54) is 12.4 Å². The predicted molar refractivity (Wildman–Crippen MR) is 109 cm³/mol. The molecule has 2 N–H and O–H groups in total. The Labute approximate surface area is 174 Å². The van der Waals surface area contributed by atoms with Gasteiger partial charge in [-0.2, -0.15) is 5.10 Å². The van der Waals surface area contributed by atoms with Crippen LogP contribution in [0.15, 0.2) is 49.3 Å². The fourth-order valence-electron chi connectivity index (χ4n) is 3.37. The van der Waals surface area contributed by atoms with Gasteiger partial charge in [-0.15, -0.1) is 24.8 Å². The Morgan fingerprint density at radius 2 is 2.14 bits per heavy atom. The van der Waals surface area contributed by atoms with Crippen LogP contribution in [-0.4, -0.2) is 38.3 Å². The lowest BCUT2D eigenvalue weighted by molar-refractivity contribution is -0.119. The molecule has 1 fully saturated rings. The molecule has 2 atom stereocenters. The summed E-state index contributed by atoms with van der Waals surface area (Å²) in [5.41, 5.74) is 1.85. The Balaban J connectivity index is 0.00000140. The van der Waals surface area contributed by atoms with Gasteiger partial charge in [0.2, 0.25) is 5.91 Å². The van der Waals surface area contributed by atoms with Crippen LogP contribution in [0.2, 0.25) is 0 Å². The first-order valence-corrected chi connectivity index (χ1v) is 8.40. The van der Waals surface area contributed by atoms with Gasteiger partial charge in [0.1, 0.15) is 5.82 Å². The molecule has 1 amide bonds. The molecule has 3 aromatic rings. The second kappa shape index (κ2) is 9.18. The second-order valence-electron chi connectivity index (χ2n) is 6.44. The van der Waals surface area contributed by atoms with Crippen molar-refractivity contribution < 1.29 is 9.18 Å².